The van der Waals surface area contributed by atoms with Crippen LogP contribution in [-0.4, -0.2) is 23.2 Å². The Bertz CT molecular complexity index is 1350. The Morgan fingerprint density at radius 2 is 1.59 bits per heavy atom. The molecule has 0 aliphatic carbocycles. The second-order valence-corrected chi connectivity index (χ2v) is 7.26. The number of phenolic OH excluding ortho intramolecular Hbond substituents is 1. The molecule has 4 rings (SSSR count). The normalized spacial score (nSPS) is 10.9. The van der Waals surface area contributed by atoms with Crippen LogP contribution in [0.2, 0.25) is 5.02 Å². The molecule has 6 nitrogen and oxygen atoms in total. The van der Waals surface area contributed by atoms with E-state index in [1.807, 2.05) is 24.3 Å². The van der Waals surface area contributed by atoms with Crippen molar-refractivity contribution in [1.82, 2.24) is 5.43 Å². The van der Waals surface area contributed by atoms with E-state index in [0.717, 1.165) is 10.8 Å². The van der Waals surface area contributed by atoms with Crippen LogP contribution >= 0.6 is 11.6 Å². The Hall–Kier alpha value is -4.16. The monoisotopic (exact) mass is 444 g/mol. The van der Waals surface area contributed by atoms with Crippen molar-refractivity contribution in [1.29, 1.82) is 0 Å². The topological polar surface area (TPSA) is 88.0 Å². The summed E-state index contributed by atoms with van der Waals surface area (Å²) in [5, 5.41) is 16.0. The number of fused-ring (bicyclic) bond motifs is 1. The van der Waals surface area contributed by atoms with Crippen LogP contribution in [0.5, 0.6) is 11.5 Å². The minimum absolute atomic E-state index is 0.114. The number of carbonyl (C=O) groups excluding carboxylic acids is 2. The highest BCUT2D eigenvalue weighted by Gasteiger charge is 2.13. The lowest BCUT2D eigenvalue weighted by Gasteiger charge is -2.07. The molecule has 0 radical (unpaired) electrons. The maximum absolute atomic E-state index is 12.4. The van der Waals surface area contributed by atoms with E-state index in [1.165, 1.54) is 12.3 Å². The lowest BCUT2D eigenvalue weighted by atomic mass is 10.1. The Balaban J connectivity index is 1.44. The van der Waals surface area contributed by atoms with E-state index in [-0.39, 0.29) is 16.9 Å². The maximum Gasteiger partial charge on any atom is 0.345 e. The summed E-state index contributed by atoms with van der Waals surface area (Å²) in [4.78, 5) is 24.7. The van der Waals surface area contributed by atoms with Crippen molar-refractivity contribution in [3.8, 4) is 11.5 Å². The van der Waals surface area contributed by atoms with Crippen LogP contribution in [0.15, 0.2) is 90.0 Å². The van der Waals surface area contributed by atoms with E-state index in [9.17, 15) is 14.7 Å². The van der Waals surface area contributed by atoms with Crippen molar-refractivity contribution in [2.75, 3.05) is 0 Å². The minimum atomic E-state index is -0.579. The average molecular weight is 445 g/mol. The second kappa shape index (κ2) is 9.32. The van der Waals surface area contributed by atoms with E-state index < -0.39 is 11.9 Å². The smallest absolute Gasteiger partial charge is 0.345 e. The number of hydrogen-bond acceptors (Lipinski definition) is 5. The highest BCUT2D eigenvalue weighted by atomic mass is 35.5. The molecule has 0 saturated carbocycles. The van der Waals surface area contributed by atoms with Crippen LogP contribution in [0, 0.1) is 0 Å². The third-order valence-electron chi connectivity index (χ3n) is 4.65. The number of rotatable bonds is 5. The molecule has 0 fully saturated rings. The maximum atomic E-state index is 12.4. The molecule has 158 valence electrons. The van der Waals surface area contributed by atoms with Gasteiger partial charge in [-0.3, -0.25) is 4.79 Å². The van der Waals surface area contributed by atoms with Gasteiger partial charge in [0.05, 0.1) is 22.4 Å². The van der Waals surface area contributed by atoms with Gasteiger partial charge in [0.2, 0.25) is 0 Å². The number of amides is 1. The largest absolute Gasteiger partial charge is 0.507 e. The molecular formula is C25H17ClN2O4. The Kier molecular flexibility index (Phi) is 6.14. The number of nitrogens with zero attached hydrogens (tertiary/aromatic N) is 1. The van der Waals surface area contributed by atoms with Gasteiger partial charge in [-0.15, -0.1) is 0 Å². The Morgan fingerprint density at radius 3 is 2.38 bits per heavy atom. The average Bonchev–Trinajstić information content (AvgIpc) is 2.79. The van der Waals surface area contributed by atoms with Crippen LogP contribution in [0.3, 0.4) is 0 Å². The number of phenols is 1. The summed E-state index contributed by atoms with van der Waals surface area (Å²) in [5.41, 5.74) is 3.36. The predicted octanol–water partition coefficient (Wildman–Crippen LogP) is 5.18. The molecule has 32 heavy (non-hydrogen) atoms. The summed E-state index contributed by atoms with van der Waals surface area (Å²) in [6.07, 6.45) is 1.41. The van der Waals surface area contributed by atoms with E-state index in [4.69, 9.17) is 16.3 Å². The van der Waals surface area contributed by atoms with Crippen molar-refractivity contribution < 1.29 is 19.4 Å². The highest BCUT2D eigenvalue weighted by molar-refractivity contribution is 6.33. The number of halogens is 1. The SMILES string of the molecule is O=C(N/N=C\c1cccc(OC(=O)c2ccccc2Cl)c1)c1cc2ccccc2cc1O. The molecule has 0 heterocycles. The predicted molar refractivity (Wildman–Crippen MR) is 124 cm³/mol. The number of aromatic hydroxyl groups is 1. The molecule has 0 atom stereocenters. The van der Waals surface area contributed by atoms with Gasteiger partial charge in [0.25, 0.3) is 5.91 Å². The van der Waals surface area contributed by atoms with Gasteiger partial charge in [0.1, 0.15) is 11.5 Å². The van der Waals surface area contributed by atoms with Crippen LogP contribution in [0.25, 0.3) is 10.8 Å². The molecule has 0 aliphatic heterocycles. The fraction of sp³-hybridized carbons (Fsp3) is 0. The van der Waals surface area contributed by atoms with Gasteiger partial charge in [0.15, 0.2) is 0 Å². The van der Waals surface area contributed by atoms with Crippen molar-refractivity contribution >= 4 is 40.5 Å². The Labute approximate surface area is 188 Å². The standard InChI is InChI=1S/C25H17ClN2O4/c26-22-11-4-3-10-20(22)25(31)32-19-9-5-6-16(12-19)15-27-28-24(30)21-13-17-7-1-2-8-18(17)14-23(21)29/h1-15,29H,(H,28,30)/b27-15-. The summed E-state index contributed by atoms with van der Waals surface area (Å²) in [5.74, 6) is -0.960. The lowest BCUT2D eigenvalue weighted by Crippen LogP contribution is -2.17. The van der Waals surface area contributed by atoms with Gasteiger partial charge >= 0.3 is 5.97 Å². The fourth-order valence-corrected chi connectivity index (χ4v) is 3.30. The van der Waals surface area contributed by atoms with E-state index in [0.29, 0.717) is 16.3 Å². The first-order valence-corrected chi connectivity index (χ1v) is 10.0. The van der Waals surface area contributed by atoms with Gasteiger partial charge < -0.3 is 9.84 Å². The molecule has 4 aromatic rings. The third-order valence-corrected chi connectivity index (χ3v) is 4.98. The zero-order valence-electron chi connectivity index (χ0n) is 16.7. The molecule has 2 N–H and O–H groups in total. The summed E-state index contributed by atoms with van der Waals surface area (Å²) >= 11 is 6.03. The van der Waals surface area contributed by atoms with Gasteiger partial charge in [0, 0.05) is 0 Å². The van der Waals surface area contributed by atoms with E-state index in [1.54, 1.807) is 54.6 Å². The fourth-order valence-electron chi connectivity index (χ4n) is 3.08. The summed E-state index contributed by atoms with van der Waals surface area (Å²) in [6, 6.07) is 23.8. The summed E-state index contributed by atoms with van der Waals surface area (Å²) < 4.78 is 5.37. The summed E-state index contributed by atoms with van der Waals surface area (Å²) in [6.45, 7) is 0. The first kappa shape index (κ1) is 21.1. The number of hydrogen-bond donors (Lipinski definition) is 2. The number of ether oxygens (including phenoxy) is 1. The molecule has 1 amide bonds. The second-order valence-electron chi connectivity index (χ2n) is 6.86. The highest BCUT2D eigenvalue weighted by Crippen LogP contribution is 2.25. The third kappa shape index (κ3) is 4.77. The van der Waals surface area contributed by atoms with Crippen LogP contribution < -0.4 is 10.2 Å². The van der Waals surface area contributed by atoms with Crippen LogP contribution in [-0.2, 0) is 0 Å². The zero-order valence-corrected chi connectivity index (χ0v) is 17.4. The molecule has 0 unspecified atom stereocenters. The van der Waals surface area contributed by atoms with Gasteiger partial charge in [-0.2, -0.15) is 5.10 Å². The molecule has 0 spiro atoms. The number of esters is 1. The number of hydrazone groups is 1. The van der Waals surface area contributed by atoms with Crippen molar-refractivity contribution in [2.45, 2.75) is 0 Å². The van der Waals surface area contributed by atoms with Crippen LogP contribution in [0.1, 0.15) is 26.3 Å². The first-order valence-electron chi connectivity index (χ1n) is 9.63. The molecule has 0 aliphatic rings. The minimum Gasteiger partial charge on any atom is -0.507 e. The van der Waals surface area contributed by atoms with E-state index in [2.05, 4.69) is 10.5 Å². The molecule has 7 heteroatoms. The Morgan fingerprint density at radius 1 is 0.875 bits per heavy atom. The van der Waals surface area contributed by atoms with Gasteiger partial charge in [-0.05, 0) is 52.7 Å². The zero-order chi connectivity index (χ0) is 22.5. The molecule has 4 aromatic carbocycles. The van der Waals surface area contributed by atoms with Gasteiger partial charge in [-0.1, -0.05) is 60.1 Å². The number of benzene rings is 4. The number of nitrogens with one attached hydrogen (secondary N) is 1. The van der Waals surface area contributed by atoms with Crippen molar-refractivity contribution in [3.05, 3.63) is 107 Å². The summed E-state index contributed by atoms with van der Waals surface area (Å²) in [7, 11) is 0. The van der Waals surface area contributed by atoms with Gasteiger partial charge in [-0.25, -0.2) is 10.2 Å². The molecule has 0 saturated heterocycles. The quantitative estimate of drug-likeness (QED) is 0.192. The molecule has 0 bridgehead atoms. The number of carbonyl (C=O) groups is 2. The molecular weight excluding hydrogens is 428 g/mol. The lowest BCUT2D eigenvalue weighted by molar-refractivity contribution is 0.0734. The van der Waals surface area contributed by atoms with Crippen molar-refractivity contribution in [2.24, 2.45) is 5.10 Å². The first-order chi connectivity index (χ1) is 15.5. The van der Waals surface area contributed by atoms with E-state index >= 15 is 0 Å². The molecule has 0 aromatic heterocycles. The van der Waals surface area contributed by atoms with Crippen molar-refractivity contribution in [3.63, 3.8) is 0 Å². The van der Waals surface area contributed by atoms with Crippen LogP contribution in [0.4, 0.5) is 0 Å².